The van der Waals surface area contributed by atoms with Crippen LogP contribution in [0.5, 0.6) is 0 Å². The first-order valence-electron chi connectivity index (χ1n) is 4.57. The Morgan fingerprint density at radius 1 is 0.833 bits per heavy atom. The van der Waals surface area contributed by atoms with E-state index in [1.807, 2.05) is 0 Å². The molecule has 3 heteroatoms. The van der Waals surface area contributed by atoms with Crippen LogP contribution in [0.25, 0.3) is 0 Å². The Kier molecular flexibility index (Phi) is 4.95. The van der Waals surface area contributed by atoms with Crippen molar-refractivity contribution in [2.45, 2.75) is 25.7 Å². The summed E-state index contributed by atoms with van der Waals surface area (Å²) in [6.45, 7) is 3.11. The second-order valence-corrected chi connectivity index (χ2v) is 2.97. The molecule has 1 aliphatic carbocycles. The van der Waals surface area contributed by atoms with E-state index >= 15 is 0 Å². The van der Waals surface area contributed by atoms with Crippen molar-refractivity contribution in [1.82, 2.24) is 0 Å². The molecular weight excluding hydrogens is 156 g/mol. The molecule has 0 radical (unpaired) electrons. The van der Waals surface area contributed by atoms with Crippen LogP contribution in [-0.4, -0.2) is 32.2 Å². The topological polar surface area (TPSA) is 35.5 Å². The lowest BCUT2D eigenvalue weighted by molar-refractivity contribution is -0.117. The number of hydrogen-bond donors (Lipinski definition) is 0. The van der Waals surface area contributed by atoms with E-state index in [2.05, 4.69) is 0 Å². The second-order valence-electron chi connectivity index (χ2n) is 2.97. The summed E-state index contributed by atoms with van der Waals surface area (Å²) in [7, 11) is 0. The Morgan fingerprint density at radius 2 is 1.25 bits per heavy atom. The van der Waals surface area contributed by atoms with Crippen molar-refractivity contribution < 1.29 is 14.3 Å². The molecule has 1 heterocycles. The Labute approximate surface area is 73.0 Å². The van der Waals surface area contributed by atoms with Gasteiger partial charge in [-0.05, 0) is 12.8 Å². The standard InChI is InChI=1S/C5H8O.C4H8O2/c6-5-3-1-2-4-5;1-2-6-4-3-5-1/h2*1-4H2. The van der Waals surface area contributed by atoms with Crippen molar-refractivity contribution in [3.63, 3.8) is 0 Å². The van der Waals surface area contributed by atoms with Crippen LogP contribution in [0.3, 0.4) is 0 Å². The maximum absolute atomic E-state index is 10.2. The van der Waals surface area contributed by atoms with Crippen LogP contribution >= 0.6 is 0 Å². The fourth-order valence-corrected chi connectivity index (χ4v) is 1.21. The molecule has 3 nitrogen and oxygen atoms in total. The Morgan fingerprint density at radius 3 is 1.42 bits per heavy atom. The van der Waals surface area contributed by atoms with E-state index in [-0.39, 0.29) is 0 Å². The van der Waals surface area contributed by atoms with Gasteiger partial charge in [-0.1, -0.05) is 0 Å². The van der Waals surface area contributed by atoms with E-state index in [1.54, 1.807) is 0 Å². The van der Waals surface area contributed by atoms with Crippen LogP contribution in [0.2, 0.25) is 0 Å². The predicted octanol–water partition coefficient (Wildman–Crippen LogP) is 1.16. The average molecular weight is 172 g/mol. The van der Waals surface area contributed by atoms with Crippen molar-refractivity contribution in [2.75, 3.05) is 26.4 Å². The van der Waals surface area contributed by atoms with Gasteiger partial charge in [-0.2, -0.15) is 0 Å². The van der Waals surface area contributed by atoms with Crippen LogP contribution in [0, 0.1) is 0 Å². The molecule has 0 atom stereocenters. The third kappa shape index (κ3) is 4.46. The first-order valence-corrected chi connectivity index (χ1v) is 4.57. The largest absolute Gasteiger partial charge is 0.377 e. The third-order valence-electron chi connectivity index (χ3n) is 1.91. The lowest BCUT2D eigenvalue weighted by atomic mass is 10.4. The van der Waals surface area contributed by atoms with Gasteiger partial charge in [-0.15, -0.1) is 0 Å². The quantitative estimate of drug-likeness (QED) is 0.550. The van der Waals surface area contributed by atoms with Crippen LogP contribution < -0.4 is 0 Å². The van der Waals surface area contributed by atoms with E-state index in [1.165, 1.54) is 0 Å². The summed E-state index contributed by atoms with van der Waals surface area (Å²) in [6.07, 6.45) is 3.97. The molecule has 12 heavy (non-hydrogen) atoms. The van der Waals surface area contributed by atoms with Crippen molar-refractivity contribution in [1.29, 1.82) is 0 Å². The number of hydrogen-bond acceptors (Lipinski definition) is 3. The maximum atomic E-state index is 10.2. The van der Waals surface area contributed by atoms with Gasteiger partial charge < -0.3 is 9.47 Å². The highest BCUT2D eigenvalue weighted by molar-refractivity contribution is 5.79. The summed E-state index contributed by atoms with van der Waals surface area (Å²) < 4.78 is 9.89. The first-order chi connectivity index (χ1) is 5.89. The molecule has 1 saturated heterocycles. The number of ketones is 1. The highest BCUT2D eigenvalue weighted by Gasteiger charge is 2.07. The molecule has 0 unspecified atom stereocenters. The zero-order valence-corrected chi connectivity index (χ0v) is 7.38. The average Bonchev–Trinajstić information content (AvgIpc) is 2.60. The molecule has 0 aromatic carbocycles. The minimum absolute atomic E-state index is 0.454. The van der Waals surface area contributed by atoms with Gasteiger partial charge in [0.25, 0.3) is 0 Å². The molecule has 1 aliphatic heterocycles. The van der Waals surface area contributed by atoms with Gasteiger partial charge in [0, 0.05) is 12.8 Å². The summed E-state index contributed by atoms with van der Waals surface area (Å²) >= 11 is 0. The number of ether oxygens (including phenoxy) is 2. The molecule has 0 bridgehead atoms. The van der Waals surface area contributed by atoms with E-state index < -0.39 is 0 Å². The summed E-state index contributed by atoms with van der Waals surface area (Å²) in [4.78, 5) is 10.2. The Bertz CT molecular complexity index is 110. The lowest BCUT2D eigenvalue weighted by Gasteiger charge is -2.09. The Balaban J connectivity index is 0.000000120. The zero-order chi connectivity index (χ0) is 8.65. The van der Waals surface area contributed by atoms with Gasteiger partial charge in [-0.25, -0.2) is 0 Å². The number of Topliss-reactive ketones (excluding diaryl/α,β-unsaturated/α-hetero) is 1. The molecule has 2 aliphatic rings. The summed E-state index contributed by atoms with van der Waals surface area (Å²) in [5, 5.41) is 0. The van der Waals surface area contributed by atoms with Gasteiger partial charge >= 0.3 is 0 Å². The van der Waals surface area contributed by atoms with Crippen molar-refractivity contribution in [2.24, 2.45) is 0 Å². The van der Waals surface area contributed by atoms with Gasteiger partial charge in [0.2, 0.25) is 0 Å². The van der Waals surface area contributed by atoms with Gasteiger partial charge in [0.1, 0.15) is 5.78 Å². The van der Waals surface area contributed by atoms with Gasteiger partial charge in [0.15, 0.2) is 0 Å². The third-order valence-corrected chi connectivity index (χ3v) is 1.91. The summed E-state index contributed by atoms with van der Waals surface area (Å²) in [6, 6.07) is 0. The molecule has 70 valence electrons. The predicted molar refractivity (Wildman–Crippen MR) is 45.1 cm³/mol. The molecule has 1 saturated carbocycles. The minimum Gasteiger partial charge on any atom is -0.377 e. The highest BCUT2D eigenvalue weighted by atomic mass is 16.6. The second kappa shape index (κ2) is 6.14. The fraction of sp³-hybridized carbons (Fsp3) is 0.889. The number of carbonyl (C=O) groups is 1. The van der Waals surface area contributed by atoms with Gasteiger partial charge in [0.05, 0.1) is 26.4 Å². The summed E-state index contributed by atoms with van der Waals surface area (Å²) in [5.74, 6) is 0.454. The Hall–Kier alpha value is -0.410. The molecular formula is C9H16O3. The van der Waals surface area contributed by atoms with E-state index in [4.69, 9.17) is 9.47 Å². The minimum atomic E-state index is 0.454. The molecule has 0 aromatic rings. The van der Waals surface area contributed by atoms with E-state index in [0.29, 0.717) is 5.78 Å². The zero-order valence-electron chi connectivity index (χ0n) is 7.38. The van der Waals surface area contributed by atoms with Crippen LogP contribution in [0.15, 0.2) is 0 Å². The number of carbonyl (C=O) groups excluding carboxylic acids is 1. The molecule has 0 aromatic heterocycles. The SMILES string of the molecule is C1COCCO1.O=C1CCCC1. The van der Waals surface area contributed by atoms with Crippen LogP contribution in [-0.2, 0) is 14.3 Å². The van der Waals surface area contributed by atoms with Crippen LogP contribution in [0.1, 0.15) is 25.7 Å². The lowest BCUT2D eigenvalue weighted by Crippen LogP contribution is -2.16. The van der Waals surface area contributed by atoms with Crippen molar-refractivity contribution >= 4 is 5.78 Å². The van der Waals surface area contributed by atoms with Gasteiger partial charge in [-0.3, -0.25) is 4.79 Å². The fourth-order valence-electron chi connectivity index (χ4n) is 1.21. The first kappa shape index (κ1) is 9.68. The van der Waals surface area contributed by atoms with E-state index in [9.17, 15) is 4.79 Å². The molecule has 0 spiro atoms. The maximum Gasteiger partial charge on any atom is 0.132 e. The highest BCUT2D eigenvalue weighted by Crippen LogP contribution is 2.11. The van der Waals surface area contributed by atoms with Crippen LogP contribution in [0.4, 0.5) is 0 Å². The molecule has 0 N–H and O–H groups in total. The van der Waals surface area contributed by atoms with Crippen molar-refractivity contribution in [3.05, 3.63) is 0 Å². The monoisotopic (exact) mass is 172 g/mol. The molecule has 2 rings (SSSR count). The van der Waals surface area contributed by atoms with Crippen molar-refractivity contribution in [3.8, 4) is 0 Å². The molecule has 2 fully saturated rings. The normalized spacial score (nSPS) is 23.2. The summed E-state index contributed by atoms with van der Waals surface area (Å²) in [5.41, 5.74) is 0. The molecule has 0 amide bonds. The van der Waals surface area contributed by atoms with E-state index in [0.717, 1.165) is 52.1 Å². The number of rotatable bonds is 0. The smallest absolute Gasteiger partial charge is 0.132 e.